The van der Waals surface area contributed by atoms with Gasteiger partial charge in [0.15, 0.2) is 0 Å². The van der Waals surface area contributed by atoms with Crippen LogP contribution in [0.1, 0.15) is 44.8 Å². The van der Waals surface area contributed by atoms with Crippen molar-refractivity contribution < 1.29 is 0 Å². The van der Waals surface area contributed by atoms with E-state index in [2.05, 4.69) is 24.3 Å². The molecule has 1 atom stereocenters. The predicted octanol–water partition coefficient (Wildman–Crippen LogP) is 3.01. The second-order valence-electron chi connectivity index (χ2n) is 4.42. The maximum Gasteiger partial charge on any atom is 0.0834 e. The van der Waals surface area contributed by atoms with Crippen molar-refractivity contribution in [1.29, 1.82) is 0 Å². The van der Waals surface area contributed by atoms with Crippen molar-refractivity contribution in [2.45, 2.75) is 45.7 Å². The summed E-state index contributed by atoms with van der Waals surface area (Å²) in [6.45, 7) is 6.12. The fourth-order valence-electron chi connectivity index (χ4n) is 2.41. The normalized spacial score (nSPS) is 18.4. The number of nitrogens with one attached hydrogen (secondary N) is 1. The third-order valence-corrected chi connectivity index (χ3v) is 3.76. The van der Waals surface area contributed by atoms with Crippen LogP contribution in [0.4, 0.5) is 0 Å². The molecule has 0 saturated heterocycles. The first-order valence-electron chi connectivity index (χ1n) is 6.22. The van der Waals surface area contributed by atoms with Gasteiger partial charge >= 0.3 is 0 Å². The third kappa shape index (κ3) is 2.11. The van der Waals surface area contributed by atoms with Crippen molar-refractivity contribution in [2.75, 3.05) is 6.54 Å². The number of hydrogen-bond donors (Lipinski definition) is 1. The standard InChI is InChI=1S/C12H20ClN3/c1-3-14-11(9-6-5-7-9)12-10(13)8-15-16(12)4-2/h8-9,11,14H,3-7H2,1-2H3. The number of rotatable bonds is 5. The number of aromatic nitrogens is 2. The minimum absolute atomic E-state index is 0.383. The van der Waals surface area contributed by atoms with E-state index in [1.807, 2.05) is 4.68 Å². The highest BCUT2D eigenvalue weighted by molar-refractivity contribution is 6.31. The first-order valence-corrected chi connectivity index (χ1v) is 6.60. The summed E-state index contributed by atoms with van der Waals surface area (Å²) in [5, 5.41) is 8.69. The fourth-order valence-corrected chi connectivity index (χ4v) is 2.67. The highest BCUT2D eigenvalue weighted by Gasteiger charge is 2.31. The van der Waals surface area contributed by atoms with Crippen LogP contribution in [-0.4, -0.2) is 16.3 Å². The summed E-state index contributed by atoms with van der Waals surface area (Å²) >= 11 is 6.26. The van der Waals surface area contributed by atoms with E-state index < -0.39 is 0 Å². The lowest BCUT2D eigenvalue weighted by Gasteiger charge is -2.34. The molecule has 90 valence electrons. The lowest BCUT2D eigenvalue weighted by Crippen LogP contribution is -2.34. The van der Waals surface area contributed by atoms with Crippen molar-refractivity contribution in [2.24, 2.45) is 5.92 Å². The summed E-state index contributed by atoms with van der Waals surface area (Å²) in [4.78, 5) is 0. The molecule has 1 aromatic heterocycles. The van der Waals surface area contributed by atoms with Gasteiger partial charge in [-0.3, -0.25) is 4.68 Å². The van der Waals surface area contributed by atoms with Crippen LogP contribution in [0.2, 0.25) is 5.02 Å². The van der Waals surface area contributed by atoms with Gasteiger partial charge in [0, 0.05) is 6.54 Å². The van der Waals surface area contributed by atoms with Crippen LogP contribution in [-0.2, 0) is 6.54 Å². The van der Waals surface area contributed by atoms with Gasteiger partial charge in [0.25, 0.3) is 0 Å². The molecule has 1 N–H and O–H groups in total. The highest BCUT2D eigenvalue weighted by atomic mass is 35.5. The SMILES string of the molecule is CCNC(c1c(Cl)cnn1CC)C1CCC1. The number of aryl methyl sites for hydroxylation is 1. The van der Waals surface area contributed by atoms with E-state index in [4.69, 9.17) is 11.6 Å². The van der Waals surface area contributed by atoms with Crippen LogP contribution in [0.15, 0.2) is 6.20 Å². The van der Waals surface area contributed by atoms with E-state index >= 15 is 0 Å². The molecule has 3 nitrogen and oxygen atoms in total. The molecule has 1 aliphatic rings. The quantitative estimate of drug-likeness (QED) is 0.859. The summed E-state index contributed by atoms with van der Waals surface area (Å²) in [6, 6.07) is 0.383. The Morgan fingerprint density at radius 1 is 1.56 bits per heavy atom. The molecule has 1 heterocycles. The Labute approximate surface area is 102 Å². The van der Waals surface area contributed by atoms with E-state index in [1.165, 1.54) is 25.0 Å². The van der Waals surface area contributed by atoms with Gasteiger partial charge in [0.05, 0.1) is 23.0 Å². The molecule has 0 aliphatic heterocycles. The second-order valence-corrected chi connectivity index (χ2v) is 4.83. The molecule has 0 bridgehead atoms. The highest BCUT2D eigenvalue weighted by Crippen LogP contribution is 2.39. The van der Waals surface area contributed by atoms with E-state index in [0.29, 0.717) is 6.04 Å². The van der Waals surface area contributed by atoms with Crippen molar-refractivity contribution in [1.82, 2.24) is 15.1 Å². The Balaban J connectivity index is 2.25. The smallest absolute Gasteiger partial charge is 0.0834 e. The van der Waals surface area contributed by atoms with Gasteiger partial charge in [0.1, 0.15) is 0 Å². The van der Waals surface area contributed by atoms with E-state index in [9.17, 15) is 0 Å². The van der Waals surface area contributed by atoms with Crippen molar-refractivity contribution in [3.05, 3.63) is 16.9 Å². The zero-order valence-corrected chi connectivity index (χ0v) is 10.8. The molecule has 1 unspecified atom stereocenters. The zero-order chi connectivity index (χ0) is 11.5. The summed E-state index contributed by atoms with van der Waals surface area (Å²) < 4.78 is 2.02. The molecule has 0 amide bonds. The topological polar surface area (TPSA) is 29.9 Å². The third-order valence-electron chi connectivity index (χ3n) is 3.47. The van der Waals surface area contributed by atoms with Crippen molar-refractivity contribution in [3.8, 4) is 0 Å². The summed E-state index contributed by atoms with van der Waals surface area (Å²) in [5.74, 6) is 0.736. The molecule has 0 radical (unpaired) electrons. The maximum absolute atomic E-state index is 6.26. The molecular formula is C12H20ClN3. The first-order chi connectivity index (χ1) is 7.77. The van der Waals surface area contributed by atoms with Gasteiger partial charge in [-0.1, -0.05) is 24.9 Å². The molecule has 0 spiro atoms. The lowest BCUT2D eigenvalue weighted by molar-refractivity contribution is 0.224. The van der Waals surface area contributed by atoms with Gasteiger partial charge in [-0.25, -0.2) is 0 Å². The molecule has 4 heteroatoms. The maximum atomic E-state index is 6.26. The van der Waals surface area contributed by atoms with Crippen LogP contribution in [0.25, 0.3) is 0 Å². The Hall–Kier alpha value is -0.540. The molecule has 0 aromatic carbocycles. The Morgan fingerprint density at radius 3 is 2.81 bits per heavy atom. The molecule has 2 rings (SSSR count). The largest absolute Gasteiger partial charge is 0.309 e. The lowest BCUT2D eigenvalue weighted by atomic mass is 9.78. The Bertz CT molecular complexity index is 344. The van der Waals surface area contributed by atoms with Gasteiger partial charge in [-0.2, -0.15) is 5.10 Å². The van der Waals surface area contributed by atoms with Crippen LogP contribution in [0, 0.1) is 5.92 Å². The average molecular weight is 242 g/mol. The van der Waals surface area contributed by atoms with Gasteiger partial charge in [-0.05, 0) is 32.2 Å². The zero-order valence-electron chi connectivity index (χ0n) is 10.0. The molecule has 1 saturated carbocycles. The molecule has 1 aromatic rings. The Kier molecular flexibility index (Phi) is 3.87. The summed E-state index contributed by atoms with van der Waals surface area (Å²) in [5.41, 5.74) is 1.18. The predicted molar refractivity (Wildman–Crippen MR) is 66.7 cm³/mol. The summed E-state index contributed by atoms with van der Waals surface area (Å²) in [7, 11) is 0. The summed E-state index contributed by atoms with van der Waals surface area (Å²) in [6.07, 6.45) is 5.74. The number of halogens is 1. The fraction of sp³-hybridized carbons (Fsp3) is 0.750. The number of hydrogen-bond acceptors (Lipinski definition) is 2. The van der Waals surface area contributed by atoms with Crippen LogP contribution < -0.4 is 5.32 Å². The molecule has 1 fully saturated rings. The van der Waals surface area contributed by atoms with Gasteiger partial charge < -0.3 is 5.32 Å². The van der Waals surface area contributed by atoms with E-state index in [1.54, 1.807) is 6.20 Å². The van der Waals surface area contributed by atoms with Crippen molar-refractivity contribution >= 4 is 11.6 Å². The van der Waals surface area contributed by atoms with Gasteiger partial charge in [0.2, 0.25) is 0 Å². The second kappa shape index (κ2) is 5.19. The van der Waals surface area contributed by atoms with Crippen LogP contribution in [0.3, 0.4) is 0 Å². The van der Waals surface area contributed by atoms with E-state index in [0.717, 1.165) is 24.0 Å². The van der Waals surface area contributed by atoms with Crippen LogP contribution >= 0.6 is 11.6 Å². The van der Waals surface area contributed by atoms with Gasteiger partial charge in [-0.15, -0.1) is 0 Å². The first kappa shape index (κ1) is 11.9. The molecule has 16 heavy (non-hydrogen) atoms. The minimum atomic E-state index is 0.383. The molecule has 1 aliphatic carbocycles. The van der Waals surface area contributed by atoms with Crippen molar-refractivity contribution in [3.63, 3.8) is 0 Å². The minimum Gasteiger partial charge on any atom is -0.309 e. The monoisotopic (exact) mass is 241 g/mol. The van der Waals surface area contributed by atoms with Crippen LogP contribution in [0.5, 0.6) is 0 Å². The Morgan fingerprint density at radius 2 is 2.31 bits per heavy atom. The van der Waals surface area contributed by atoms with E-state index in [-0.39, 0.29) is 0 Å². The average Bonchev–Trinajstić information content (AvgIpc) is 2.56. The molecular weight excluding hydrogens is 222 g/mol. The number of nitrogens with zero attached hydrogens (tertiary/aromatic N) is 2.